The largest absolute Gasteiger partial charge is 0.496 e. The van der Waals surface area contributed by atoms with Crippen molar-refractivity contribution in [1.82, 2.24) is 9.80 Å². The summed E-state index contributed by atoms with van der Waals surface area (Å²) in [6.07, 6.45) is 1.80. The van der Waals surface area contributed by atoms with Crippen LogP contribution in [-0.2, 0) is 16.1 Å². The number of aryl methyl sites for hydroxylation is 1. The lowest BCUT2D eigenvalue weighted by Gasteiger charge is -2.34. The Morgan fingerprint density at radius 3 is 2.52 bits per heavy atom. The van der Waals surface area contributed by atoms with E-state index in [4.69, 9.17) is 4.74 Å². The van der Waals surface area contributed by atoms with Crippen LogP contribution >= 0.6 is 0 Å². The molecule has 0 aromatic heterocycles. The number of carbonyl (C=O) groups is 2. The van der Waals surface area contributed by atoms with Gasteiger partial charge in [-0.05, 0) is 37.3 Å². The molecule has 6 nitrogen and oxygen atoms in total. The number of aliphatic hydroxyl groups excluding tert-OH is 1. The van der Waals surface area contributed by atoms with Gasteiger partial charge in [0.2, 0.25) is 0 Å². The number of rotatable bonds is 6. The zero-order valence-corrected chi connectivity index (χ0v) is 18.0. The first-order chi connectivity index (χ1) is 15.0. The van der Waals surface area contributed by atoms with Crippen molar-refractivity contribution >= 4 is 17.4 Å². The molecule has 2 aromatic rings. The second-order valence-corrected chi connectivity index (χ2v) is 8.23. The van der Waals surface area contributed by atoms with Crippen LogP contribution in [0.5, 0.6) is 5.75 Å². The van der Waals surface area contributed by atoms with E-state index in [2.05, 4.69) is 0 Å². The number of imide groups is 1. The van der Waals surface area contributed by atoms with Gasteiger partial charge in [-0.15, -0.1) is 0 Å². The van der Waals surface area contributed by atoms with Gasteiger partial charge in [0, 0.05) is 25.3 Å². The lowest BCUT2D eigenvalue weighted by atomic mass is 9.96. The second kappa shape index (κ2) is 8.94. The fraction of sp³-hybridized carbons (Fsp3) is 0.360. The number of ether oxygens (including phenoxy) is 1. The first-order valence-corrected chi connectivity index (χ1v) is 10.7. The van der Waals surface area contributed by atoms with Crippen LogP contribution in [0.4, 0.5) is 0 Å². The summed E-state index contributed by atoms with van der Waals surface area (Å²) in [5.41, 5.74) is 3.50. The minimum Gasteiger partial charge on any atom is -0.496 e. The predicted molar refractivity (Wildman–Crippen MR) is 118 cm³/mol. The molecule has 2 aliphatic heterocycles. The third kappa shape index (κ3) is 4.08. The highest BCUT2D eigenvalue weighted by molar-refractivity contribution is 6.35. The minimum absolute atomic E-state index is 0.0801. The van der Waals surface area contributed by atoms with Crippen LogP contribution in [0.25, 0.3) is 5.57 Å². The Morgan fingerprint density at radius 2 is 1.81 bits per heavy atom. The Bertz CT molecular complexity index is 1010. The number of likely N-dealkylation sites (tertiary alicyclic amines) is 1. The molecule has 2 aliphatic rings. The third-order valence-corrected chi connectivity index (χ3v) is 6.10. The van der Waals surface area contributed by atoms with Crippen LogP contribution in [-0.4, -0.2) is 53.5 Å². The molecule has 0 aliphatic carbocycles. The first kappa shape index (κ1) is 21.1. The number of amides is 2. The van der Waals surface area contributed by atoms with Crippen LogP contribution in [0.1, 0.15) is 29.5 Å². The van der Waals surface area contributed by atoms with Crippen molar-refractivity contribution in [3.8, 4) is 5.75 Å². The van der Waals surface area contributed by atoms with Gasteiger partial charge in [-0.2, -0.15) is 0 Å². The molecule has 0 saturated carbocycles. The molecule has 6 heteroatoms. The van der Waals surface area contributed by atoms with E-state index in [1.165, 1.54) is 4.90 Å². The lowest BCUT2D eigenvalue weighted by molar-refractivity contribution is -0.138. The first-order valence-electron chi connectivity index (χ1n) is 10.7. The van der Waals surface area contributed by atoms with Crippen LogP contribution in [0, 0.1) is 12.8 Å². The Kier molecular flexibility index (Phi) is 6.09. The van der Waals surface area contributed by atoms with E-state index >= 15 is 0 Å². The van der Waals surface area contributed by atoms with Gasteiger partial charge in [-0.1, -0.05) is 48.0 Å². The summed E-state index contributed by atoms with van der Waals surface area (Å²) in [4.78, 5) is 30.4. The van der Waals surface area contributed by atoms with Crippen LogP contribution < -0.4 is 4.74 Å². The average molecular weight is 421 g/mol. The third-order valence-electron chi connectivity index (χ3n) is 6.10. The number of benzene rings is 2. The SMILES string of the molecule is COc1ccccc1CN1C(=O)C(c2ccc(C)cc2)=C(N2CCCC(CO)C2)C1=O. The predicted octanol–water partition coefficient (Wildman–Crippen LogP) is 2.99. The Balaban J connectivity index is 1.74. The van der Waals surface area contributed by atoms with E-state index in [1.807, 2.05) is 60.4 Å². The van der Waals surface area contributed by atoms with Gasteiger partial charge in [0.1, 0.15) is 11.4 Å². The summed E-state index contributed by atoms with van der Waals surface area (Å²) in [6, 6.07) is 15.1. The molecule has 4 rings (SSSR count). The molecule has 0 bridgehead atoms. The number of methoxy groups -OCH3 is 1. The summed E-state index contributed by atoms with van der Waals surface area (Å²) < 4.78 is 5.42. The summed E-state index contributed by atoms with van der Waals surface area (Å²) in [6.45, 7) is 3.49. The fourth-order valence-corrected chi connectivity index (χ4v) is 4.40. The smallest absolute Gasteiger partial charge is 0.278 e. The van der Waals surface area contributed by atoms with Crippen molar-refractivity contribution in [2.75, 3.05) is 26.8 Å². The highest BCUT2D eigenvalue weighted by atomic mass is 16.5. The van der Waals surface area contributed by atoms with Crippen molar-refractivity contribution in [1.29, 1.82) is 0 Å². The highest BCUT2D eigenvalue weighted by Crippen LogP contribution is 2.35. The molecule has 1 saturated heterocycles. The molecule has 2 aromatic carbocycles. The second-order valence-electron chi connectivity index (χ2n) is 8.23. The highest BCUT2D eigenvalue weighted by Gasteiger charge is 2.42. The van der Waals surface area contributed by atoms with Crippen molar-refractivity contribution < 1.29 is 19.4 Å². The molecule has 0 spiro atoms. The summed E-state index contributed by atoms with van der Waals surface area (Å²) in [7, 11) is 1.58. The van der Waals surface area contributed by atoms with Gasteiger partial charge in [0.15, 0.2) is 0 Å². The maximum atomic E-state index is 13.6. The molecule has 31 heavy (non-hydrogen) atoms. The Morgan fingerprint density at radius 1 is 1.06 bits per heavy atom. The molecule has 0 radical (unpaired) electrons. The van der Waals surface area contributed by atoms with Crippen molar-refractivity contribution in [3.05, 3.63) is 70.9 Å². The van der Waals surface area contributed by atoms with Crippen LogP contribution in [0.3, 0.4) is 0 Å². The zero-order chi connectivity index (χ0) is 22.0. The maximum Gasteiger partial charge on any atom is 0.278 e. The van der Waals surface area contributed by atoms with Gasteiger partial charge in [-0.25, -0.2) is 0 Å². The lowest BCUT2D eigenvalue weighted by Crippen LogP contribution is -2.40. The summed E-state index contributed by atoms with van der Waals surface area (Å²) in [5.74, 6) is 0.171. The van der Waals surface area contributed by atoms with E-state index in [-0.39, 0.29) is 30.9 Å². The number of piperidine rings is 1. The quantitative estimate of drug-likeness (QED) is 0.728. The van der Waals surface area contributed by atoms with E-state index < -0.39 is 0 Å². The number of para-hydroxylation sites is 1. The van der Waals surface area contributed by atoms with Crippen LogP contribution in [0.15, 0.2) is 54.2 Å². The molecular weight excluding hydrogens is 392 g/mol. The monoisotopic (exact) mass is 420 g/mol. The van der Waals surface area contributed by atoms with Gasteiger partial charge in [-0.3, -0.25) is 14.5 Å². The molecular formula is C25H28N2O4. The Labute approximate surface area is 182 Å². The summed E-state index contributed by atoms with van der Waals surface area (Å²) in [5, 5.41) is 9.67. The number of aliphatic hydroxyl groups is 1. The number of nitrogens with zero attached hydrogens (tertiary/aromatic N) is 2. The van der Waals surface area contributed by atoms with Crippen LogP contribution in [0.2, 0.25) is 0 Å². The molecule has 1 N–H and O–H groups in total. The number of hydrogen-bond acceptors (Lipinski definition) is 5. The summed E-state index contributed by atoms with van der Waals surface area (Å²) >= 11 is 0. The van der Waals surface area contributed by atoms with Crippen molar-refractivity contribution in [3.63, 3.8) is 0 Å². The fourth-order valence-electron chi connectivity index (χ4n) is 4.40. The standard InChI is InChI=1S/C25H28N2O4/c1-17-9-11-19(12-10-17)22-23(26-13-5-6-18(14-26)16-28)25(30)27(24(22)29)15-20-7-3-4-8-21(20)31-2/h3-4,7-12,18,28H,5-6,13-16H2,1-2H3. The number of hydrogen-bond donors (Lipinski definition) is 1. The van der Waals surface area contributed by atoms with Gasteiger partial charge < -0.3 is 14.7 Å². The van der Waals surface area contributed by atoms with E-state index in [0.29, 0.717) is 30.1 Å². The maximum absolute atomic E-state index is 13.6. The topological polar surface area (TPSA) is 70.1 Å². The van der Waals surface area contributed by atoms with E-state index in [9.17, 15) is 14.7 Å². The molecule has 1 atom stereocenters. The van der Waals surface area contributed by atoms with Crippen molar-refractivity contribution in [2.24, 2.45) is 5.92 Å². The molecule has 2 heterocycles. The van der Waals surface area contributed by atoms with Gasteiger partial charge in [0.05, 0.1) is 19.2 Å². The van der Waals surface area contributed by atoms with Gasteiger partial charge >= 0.3 is 0 Å². The normalized spacial score (nSPS) is 19.4. The minimum atomic E-state index is -0.291. The zero-order valence-electron chi connectivity index (χ0n) is 18.0. The Hall–Kier alpha value is -3.12. The average Bonchev–Trinajstić information content (AvgIpc) is 3.04. The van der Waals surface area contributed by atoms with E-state index in [1.54, 1.807) is 7.11 Å². The molecule has 1 fully saturated rings. The van der Waals surface area contributed by atoms with Crippen molar-refractivity contribution in [2.45, 2.75) is 26.3 Å². The molecule has 2 amide bonds. The molecule has 162 valence electrons. The molecule has 1 unspecified atom stereocenters. The van der Waals surface area contributed by atoms with E-state index in [0.717, 1.165) is 29.5 Å². The van der Waals surface area contributed by atoms with Gasteiger partial charge in [0.25, 0.3) is 11.8 Å². The number of carbonyl (C=O) groups excluding carboxylic acids is 2.